The van der Waals surface area contributed by atoms with Crippen molar-refractivity contribution in [2.45, 2.75) is 0 Å². The minimum atomic E-state index is -0.353. The third-order valence-electron chi connectivity index (χ3n) is 1.84. The SMILES string of the molecule is Nc1ccccc1-[n+]1coc([O-])c1I. The van der Waals surface area contributed by atoms with Crippen LogP contribution in [0.3, 0.4) is 0 Å². The highest BCUT2D eigenvalue weighted by molar-refractivity contribution is 14.1. The van der Waals surface area contributed by atoms with Crippen molar-refractivity contribution in [3.8, 4) is 11.6 Å². The van der Waals surface area contributed by atoms with Gasteiger partial charge in [-0.15, -0.1) is 4.57 Å². The summed E-state index contributed by atoms with van der Waals surface area (Å²) in [6.07, 6.45) is 1.36. The number of oxazole rings is 1. The van der Waals surface area contributed by atoms with Gasteiger partial charge in [0.25, 0.3) is 3.70 Å². The molecule has 0 atom stereocenters. The van der Waals surface area contributed by atoms with Gasteiger partial charge in [-0.05, 0) is 6.07 Å². The topological polar surface area (TPSA) is 66.1 Å². The molecule has 0 amide bonds. The number of nitrogens with zero attached hydrogens (tertiary/aromatic N) is 1. The maximum atomic E-state index is 11.1. The van der Waals surface area contributed by atoms with E-state index >= 15 is 0 Å². The predicted molar refractivity (Wildman–Crippen MR) is 56.8 cm³/mol. The summed E-state index contributed by atoms with van der Waals surface area (Å²) in [6, 6.07) is 7.29. The Balaban J connectivity index is 2.60. The number of para-hydroxylation sites is 2. The third-order valence-corrected chi connectivity index (χ3v) is 2.80. The molecule has 2 rings (SSSR count). The molecular weight excluding hydrogens is 295 g/mol. The van der Waals surface area contributed by atoms with Gasteiger partial charge in [-0.1, -0.05) is 12.1 Å². The molecule has 1 aromatic heterocycles. The summed E-state index contributed by atoms with van der Waals surface area (Å²) in [7, 11) is 0. The van der Waals surface area contributed by atoms with E-state index in [0.717, 1.165) is 5.69 Å². The number of hydrogen-bond donors (Lipinski definition) is 1. The lowest BCUT2D eigenvalue weighted by molar-refractivity contribution is -0.612. The van der Waals surface area contributed by atoms with Crippen LogP contribution in [0.25, 0.3) is 5.69 Å². The molecule has 2 N–H and O–H groups in total. The minimum absolute atomic E-state index is 0.353. The first kappa shape index (κ1) is 9.32. The highest BCUT2D eigenvalue weighted by Crippen LogP contribution is 2.17. The number of halogens is 1. The molecule has 0 radical (unpaired) electrons. The number of aromatic nitrogens is 1. The molecule has 0 unspecified atom stereocenters. The van der Waals surface area contributed by atoms with E-state index in [1.54, 1.807) is 10.6 Å². The third kappa shape index (κ3) is 1.43. The second kappa shape index (κ2) is 3.49. The van der Waals surface area contributed by atoms with Gasteiger partial charge in [0.05, 0.1) is 0 Å². The lowest BCUT2D eigenvalue weighted by Crippen LogP contribution is -2.32. The first-order valence-corrected chi connectivity index (χ1v) is 4.98. The Morgan fingerprint density at radius 2 is 2.07 bits per heavy atom. The number of nitrogen functional groups attached to an aromatic ring is 1. The molecule has 1 aromatic carbocycles. The first-order chi connectivity index (χ1) is 6.70. The van der Waals surface area contributed by atoms with Crippen molar-refractivity contribution in [2.24, 2.45) is 0 Å². The first-order valence-electron chi connectivity index (χ1n) is 3.90. The van der Waals surface area contributed by atoms with Gasteiger partial charge in [0.15, 0.2) is 0 Å². The lowest BCUT2D eigenvalue weighted by Gasteiger charge is -1.97. The Kier molecular flexibility index (Phi) is 2.32. The average Bonchev–Trinajstić information content (AvgIpc) is 2.49. The van der Waals surface area contributed by atoms with Crippen molar-refractivity contribution in [2.75, 3.05) is 5.73 Å². The smallest absolute Gasteiger partial charge is 0.269 e. The number of anilines is 1. The number of hydrogen-bond acceptors (Lipinski definition) is 3. The Labute approximate surface area is 94.1 Å². The Morgan fingerprint density at radius 3 is 2.64 bits per heavy atom. The van der Waals surface area contributed by atoms with Crippen molar-refractivity contribution in [1.29, 1.82) is 0 Å². The molecule has 0 spiro atoms. The monoisotopic (exact) mass is 302 g/mol. The van der Waals surface area contributed by atoms with Gasteiger partial charge in [-0.25, -0.2) is 0 Å². The van der Waals surface area contributed by atoms with Crippen LogP contribution in [0.5, 0.6) is 5.95 Å². The second-order valence-corrected chi connectivity index (χ2v) is 3.75. The van der Waals surface area contributed by atoms with Gasteiger partial charge in [0.1, 0.15) is 11.6 Å². The molecule has 0 saturated heterocycles. The maximum absolute atomic E-state index is 11.1. The van der Waals surface area contributed by atoms with Crippen LogP contribution in [0.15, 0.2) is 35.1 Å². The van der Waals surface area contributed by atoms with E-state index in [2.05, 4.69) is 0 Å². The van der Waals surface area contributed by atoms with Crippen LogP contribution < -0.4 is 15.4 Å². The fraction of sp³-hybridized carbons (Fsp3) is 0. The van der Waals surface area contributed by atoms with Crippen molar-refractivity contribution in [1.82, 2.24) is 0 Å². The largest absolute Gasteiger partial charge is 0.539 e. The van der Waals surface area contributed by atoms with Crippen LogP contribution >= 0.6 is 22.6 Å². The standard InChI is InChI=1S/C9H7IN2O2/c10-8-9(13)14-5-12(8)7-4-2-1-3-6(7)11/h1-5H,11H2. The van der Waals surface area contributed by atoms with E-state index in [0.29, 0.717) is 9.39 Å². The molecular formula is C9H7IN2O2. The molecule has 0 aliphatic heterocycles. The normalized spacial score (nSPS) is 10.4. The van der Waals surface area contributed by atoms with E-state index < -0.39 is 0 Å². The van der Waals surface area contributed by atoms with Crippen LogP contribution in [0, 0.1) is 3.70 Å². The second-order valence-electron chi connectivity index (χ2n) is 2.73. The molecule has 14 heavy (non-hydrogen) atoms. The van der Waals surface area contributed by atoms with E-state index in [1.165, 1.54) is 6.39 Å². The Bertz CT molecular complexity index is 468. The van der Waals surface area contributed by atoms with Crippen molar-refractivity contribution >= 4 is 28.3 Å². The number of benzene rings is 1. The maximum Gasteiger partial charge on any atom is 0.269 e. The van der Waals surface area contributed by atoms with Gasteiger partial charge in [0.2, 0.25) is 12.1 Å². The summed E-state index contributed by atoms with van der Waals surface area (Å²) in [4.78, 5) is 0. The van der Waals surface area contributed by atoms with Crippen LogP contribution in [0.4, 0.5) is 5.69 Å². The zero-order valence-corrected chi connectivity index (χ0v) is 9.26. The lowest BCUT2D eigenvalue weighted by atomic mass is 10.3. The van der Waals surface area contributed by atoms with Gasteiger partial charge >= 0.3 is 0 Å². The highest BCUT2D eigenvalue weighted by Gasteiger charge is 2.16. The quantitative estimate of drug-likeness (QED) is 0.482. The summed E-state index contributed by atoms with van der Waals surface area (Å²) in [5.74, 6) is -0.353. The molecule has 72 valence electrons. The van der Waals surface area contributed by atoms with E-state index in [9.17, 15) is 5.11 Å². The van der Waals surface area contributed by atoms with Crippen LogP contribution in [0.1, 0.15) is 0 Å². The molecule has 0 aliphatic rings. The van der Waals surface area contributed by atoms with E-state index in [-0.39, 0.29) is 5.95 Å². The summed E-state index contributed by atoms with van der Waals surface area (Å²) < 4.78 is 6.86. The summed E-state index contributed by atoms with van der Waals surface area (Å²) in [5, 5.41) is 11.1. The van der Waals surface area contributed by atoms with Gasteiger partial charge < -0.3 is 15.3 Å². The van der Waals surface area contributed by atoms with Crippen LogP contribution in [-0.2, 0) is 0 Å². The zero-order chi connectivity index (χ0) is 10.1. The van der Waals surface area contributed by atoms with Crippen LogP contribution in [-0.4, -0.2) is 0 Å². The fourth-order valence-corrected chi connectivity index (χ4v) is 1.66. The zero-order valence-electron chi connectivity index (χ0n) is 7.11. The molecule has 4 nitrogen and oxygen atoms in total. The number of nitrogens with two attached hydrogens (primary N) is 1. The number of rotatable bonds is 1. The fourth-order valence-electron chi connectivity index (χ4n) is 1.16. The van der Waals surface area contributed by atoms with Gasteiger partial charge in [-0.2, -0.15) is 0 Å². The van der Waals surface area contributed by atoms with Crippen molar-refractivity contribution in [3.63, 3.8) is 0 Å². The molecule has 0 saturated carbocycles. The summed E-state index contributed by atoms with van der Waals surface area (Å²) >= 11 is 1.92. The molecule has 0 bridgehead atoms. The Hall–Kier alpha value is -1.24. The molecule has 5 heteroatoms. The average molecular weight is 302 g/mol. The Morgan fingerprint density at radius 1 is 1.36 bits per heavy atom. The molecule has 0 aliphatic carbocycles. The highest BCUT2D eigenvalue weighted by atomic mass is 127. The predicted octanol–water partition coefficient (Wildman–Crippen LogP) is 0.817. The molecule has 2 aromatic rings. The van der Waals surface area contributed by atoms with Crippen molar-refractivity contribution < 1.29 is 14.1 Å². The van der Waals surface area contributed by atoms with Crippen molar-refractivity contribution in [3.05, 3.63) is 34.4 Å². The minimum Gasteiger partial charge on any atom is -0.539 e. The molecule has 1 heterocycles. The van der Waals surface area contributed by atoms with E-state index in [4.69, 9.17) is 10.2 Å². The molecule has 0 fully saturated rings. The van der Waals surface area contributed by atoms with Gasteiger partial charge in [-0.3, -0.25) is 0 Å². The summed E-state index contributed by atoms with van der Waals surface area (Å²) in [5.41, 5.74) is 7.12. The summed E-state index contributed by atoms with van der Waals surface area (Å²) in [6.45, 7) is 0. The van der Waals surface area contributed by atoms with Gasteiger partial charge in [0, 0.05) is 28.7 Å². The van der Waals surface area contributed by atoms with Crippen LogP contribution in [0.2, 0.25) is 0 Å². The van der Waals surface area contributed by atoms with E-state index in [1.807, 2.05) is 40.8 Å².